The van der Waals surface area contributed by atoms with Crippen LogP contribution < -0.4 is 0 Å². The van der Waals surface area contributed by atoms with Crippen molar-refractivity contribution in [2.24, 2.45) is 17.3 Å². The normalized spacial score (nSPS) is 20.4. The van der Waals surface area contributed by atoms with Crippen LogP contribution in [0.25, 0.3) is 0 Å². The summed E-state index contributed by atoms with van der Waals surface area (Å²) in [4.78, 5) is 42.2. The van der Waals surface area contributed by atoms with Crippen molar-refractivity contribution in [3.05, 3.63) is 155 Å². The van der Waals surface area contributed by atoms with Crippen LogP contribution in [0, 0.1) is 17.3 Å². The molecule has 0 heterocycles. The molecule has 44 heavy (non-hydrogen) atoms. The summed E-state index contributed by atoms with van der Waals surface area (Å²) in [6, 6.07) is 38.4. The highest BCUT2D eigenvalue weighted by Crippen LogP contribution is 2.56. The Bertz CT molecular complexity index is 1590. The fraction of sp³-hybridized carbons (Fsp3) is 0.256. The topological polar surface area (TPSA) is 69.7 Å². The first kappa shape index (κ1) is 29.3. The number of ether oxygens (including phenoxy) is 2. The molecule has 0 spiro atoms. The molecule has 3 atom stereocenters. The SMILES string of the molecule is C[C@@H]1C2=C(C[C@H](c3ccccc3)[C@H]1C(=O)c1ccccc1)CC(C(=O)OCc1ccccc1)(C(=O)OCc1ccccc1)C2. The summed E-state index contributed by atoms with van der Waals surface area (Å²) in [5.41, 5.74) is 3.98. The second-order valence-electron chi connectivity index (χ2n) is 12.0. The van der Waals surface area contributed by atoms with Gasteiger partial charge in [0.1, 0.15) is 13.2 Å². The van der Waals surface area contributed by atoms with Gasteiger partial charge in [0.25, 0.3) is 0 Å². The quantitative estimate of drug-likeness (QED) is 0.0867. The van der Waals surface area contributed by atoms with Crippen molar-refractivity contribution in [3.8, 4) is 0 Å². The number of ketones is 1. The molecule has 4 aromatic carbocycles. The van der Waals surface area contributed by atoms with Gasteiger partial charge in [-0.25, -0.2) is 0 Å². The van der Waals surface area contributed by atoms with Gasteiger partial charge in [0.05, 0.1) is 0 Å². The fourth-order valence-electron chi connectivity index (χ4n) is 6.96. The van der Waals surface area contributed by atoms with E-state index in [-0.39, 0.29) is 49.6 Å². The average Bonchev–Trinajstić information content (AvgIpc) is 3.49. The van der Waals surface area contributed by atoms with Gasteiger partial charge in [0, 0.05) is 11.5 Å². The molecule has 0 saturated heterocycles. The lowest BCUT2D eigenvalue weighted by Crippen LogP contribution is -2.40. The summed E-state index contributed by atoms with van der Waals surface area (Å²) < 4.78 is 11.7. The molecule has 0 N–H and O–H groups in total. The van der Waals surface area contributed by atoms with Gasteiger partial charge >= 0.3 is 11.9 Å². The van der Waals surface area contributed by atoms with E-state index in [1.807, 2.05) is 109 Å². The molecule has 2 aliphatic rings. The maximum absolute atomic E-state index is 14.1. The van der Waals surface area contributed by atoms with E-state index in [9.17, 15) is 14.4 Å². The predicted octanol–water partition coefficient (Wildman–Crippen LogP) is 7.87. The Morgan fingerprint density at radius 3 is 1.66 bits per heavy atom. The van der Waals surface area contributed by atoms with Crippen LogP contribution in [0.1, 0.15) is 59.2 Å². The minimum absolute atomic E-state index is 0.0648. The second-order valence-corrected chi connectivity index (χ2v) is 12.0. The third-order valence-electron chi connectivity index (χ3n) is 9.25. The molecule has 5 heteroatoms. The zero-order valence-electron chi connectivity index (χ0n) is 24.9. The van der Waals surface area contributed by atoms with E-state index in [0.717, 1.165) is 27.8 Å². The van der Waals surface area contributed by atoms with Crippen molar-refractivity contribution in [3.63, 3.8) is 0 Å². The molecule has 0 radical (unpaired) electrons. The van der Waals surface area contributed by atoms with Gasteiger partial charge < -0.3 is 9.47 Å². The maximum Gasteiger partial charge on any atom is 0.324 e. The second kappa shape index (κ2) is 12.8. The first-order chi connectivity index (χ1) is 21.5. The summed E-state index contributed by atoms with van der Waals surface area (Å²) >= 11 is 0. The van der Waals surface area contributed by atoms with E-state index in [4.69, 9.17) is 9.47 Å². The number of rotatable bonds is 9. The van der Waals surface area contributed by atoms with E-state index < -0.39 is 17.4 Å². The number of carbonyl (C=O) groups is 3. The molecular formula is C39H36O5. The molecule has 222 valence electrons. The van der Waals surface area contributed by atoms with Crippen LogP contribution in [0.4, 0.5) is 0 Å². The molecule has 0 fully saturated rings. The number of benzene rings is 4. The third kappa shape index (κ3) is 5.87. The van der Waals surface area contributed by atoms with Crippen LogP contribution in [0.15, 0.2) is 132 Å². The monoisotopic (exact) mass is 584 g/mol. The average molecular weight is 585 g/mol. The van der Waals surface area contributed by atoms with Crippen LogP contribution in [0.3, 0.4) is 0 Å². The summed E-state index contributed by atoms with van der Waals surface area (Å²) in [5.74, 6) is -1.69. The Kier molecular flexibility index (Phi) is 8.56. The largest absolute Gasteiger partial charge is 0.460 e. The Morgan fingerprint density at radius 2 is 1.14 bits per heavy atom. The molecule has 0 aromatic heterocycles. The molecule has 0 bridgehead atoms. The molecule has 2 aliphatic carbocycles. The summed E-state index contributed by atoms with van der Waals surface area (Å²) in [5, 5.41) is 0. The minimum atomic E-state index is -1.51. The van der Waals surface area contributed by atoms with E-state index in [1.165, 1.54) is 0 Å². The van der Waals surface area contributed by atoms with Crippen LogP contribution >= 0.6 is 0 Å². The lowest BCUT2D eigenvalue weighted by Gasteiger charge is -2.37. The summed E-state index contributed by atoms with van der Waals surface area (Å²) in [6.45, 7) is 2.20. The summed E-state index contributed by atoms with van der Waals surface area (Å²) in [7, 11) is 0. The molecule has 6 rings (SSSR count). The molecule has 5 nitrogen and oxygen atoms in total. The van der Waals surface area contributed by atoms with Crippen LogP contribution in [0.2, 0.25) is 0 Å². The van der Waals surface area contributed by atoms with Crippen LogP contribution in [0.5, 0.6) is 0 Å². The highest BCUT2D eigenvalue weighted by atomic mass is 16.6. The number of carbonyl (C=O) groups excluding carboxylic acids is 3. The fourth-order valence-corrected chi connectivity index (χ4v) is 6.96. The van der Waals surface area contributed by atoms with E-state index in [1.54, 1.807) is 0 Å². The molecule has 0 unspecified atom stereocenters. The standard InChI is InChI=1S/C39H36O5/c1-27-34-24-39(37(41)43-25-28-14-6-2-7-15-28,38(42)44-26-29-16-8-3-9-17-29)23-32(34)22-33(30-18-10-4-11-19-30)35(27)36(40)31-20-12-5-13-21-31/h2-21,27,33,35H,22-26H2,1H3/t27-,33-,35+/m1/s1. The van der Waals surface area contributed by atoms with E-state index in [0.29, 0.717) is 12.0 Å². The van der Waals surface area contributed by atoms with Gasteiger partial charge in [-0.3, -0.25) is 14.4 Å². The van der Waals surface area contributed by atoms with Crippen molar-refractivity contribution in [1.82, 2.24) is 0 Å². The predicted molar refractivity (Wildman–Crippen MR) is 168 cm³/mol. The maximum atomic E-state index is 14.1. The zero-order chi connectivity index (χ0) is 30.5. The highest BCUT2D eigenvalue weighted by Gasteiger charge is 2.57. The smallest absolute Gasteiger partial charge is 0.324 e. The van der Waals surface area contributed by atoms with Crippen molar-refractivity contribution >= 4 is 17.7 Å². The van der Waals surface area contributed by atoms with E-state index in [2.05, 4.69) is 19.1 Å². The number of Topliss-reactive ketones (excluding diaryl/α,β-unsaturated/α-hetero) is 1. The Hall–Kier alpha value is -4.77. The zero-order valence-corrected chi connectivity index (χ0v) is 24.9. The van der Waals surface area contributed by atoms with Gasteiger partial charge in [-0.15, -0.1) is 0 Å². The first-order valence-corrected chi connectivity index (χ1v) is 15.2. The molecular weight excluding hydrogens is 548 g/mol. The highest BCUT2D eigenvalue weighted by molar-refractivity contribution is 6.02. The van der Waals surface area contributed by atoms with Gasteiger partial charge in [-0.05, 0) is 47.8 Å². The number of allylic oxidation sites excluding steroid dienone is 2. The molecule has 0 aliphatic heterocycles. The van der Waals surface area contributed by atoms with Gasteiger partial charge in [-0.2, -0.15) is 0 Å². The number of hydrogen-bond donors (Lipinski definition) is 0. The van der Waals surface area contributed by atoms with E-state index >= 15 is 0 Å². The minimum Gasteiger partial charge on any atom is -0.460 e. The van der Waals surface area contributed by atoms with Crippen LogP contribution in [-0.2, 0) is 32.3 Å². The van der Waals surface area contributed by atoms with Crippen LogP contribution in [-0.4, -0.2) is 17.7 Å². The molecule has 0 amide bonds. The number of hydrogen-bond acceptors (Lipinski definition) is 5. The Labute approximate surface area is 258 Å². The lowest BCUT2D eigenvalue weighted by molar-refractivity contribution is -0.173. The van der Waals surface area contributed by atoms with Crippen molar-refractivity contribution in [2.75, 3.05) is 0 Å². The number of esters is 2. The lowest BCUT2D eigenvalue weighted by atomic mass is 9.65. The Morgan fingerprint density at radius 1 is 0.659 bits per heavy atom. The third-order valence-corrected chi connectivity index (χ3v) is 9.25. The molecule has 0 saturated carbocycles. The first-order valence-electron chi connectivity index (χ1n) is 15.2. The molecule has 4 aromatic rings. The summed E-state index contributed by atoms with van der Waals surface area (Å²) in [6.07, 6.45) is 1.00. The van der Waals surface area contributed by atoms with Gasteiger partial charge in [-0.1, -0.05) is 139 Å². The van der Waals surface area contributed by atoms with Crippen molar-refractivity contribution in [1.29, 1.82) is 0 Å². The van der Waals surface area contributed by atoms with Gasteiger partial charge in [0.15, 0.2) is 11.2 Å². The van der Waals surface area contributed by atoms with Crippen molar-refractivity contribution < 1.29 is 23.9 Å². The van der Waals surface area contributed by atoms with Crippen molar-refractivity contribution in [2.45, 2.75) is 45.3 Å². The van der Waals surface area contributed by atoms with Gasteiger partial charge in [0.2, 0.25) is 0 Å². The Balaban J connectivity index is 1.33.